The van der Waals surface area contributed by atoms with Gasteiger partial charge in [0.25, 0.3) is 0 Å². The van der Waals surface area contributed by atoms with Crippen LogP contribution in [0.4, 0.5) is 0 Å². The molecule has 0 amide bonds. The molecule has 2 aromatic carbocycles. The number of thioether (sulfide) groups is 1. The van der Waals surface area contributed by atoms with Crippen LogP contribution >= 0.6 is 23.1 Å². The first-order chi connectivity index (χ1) is 16.6. The fourth-order valence-electron chi connectivity index (χ4n) is 3.23. The molecule has 0 aliphatic carbocycles. The first kappa shape index (κ1) is 24.0. The van der Waals surface area contributed by atoms with Crippen molar-refractivity contribution in [1.29, 1.82) is 0 Å². The van der Waals surface area contributed by atoms with Crippen molar-refractivity contribution in [1.82, 2.24) is 14.8 Å². The number of esters is 1. The standard InChI is InChI=1S/C25H25N3O4S2/c1-2-31-24(30)18-10-12-21(13-11-18)32-16-20(29)17-34-25-27-26-23(15-22-9-6-14-33-22)28(25)19-7-4-3-5-8-19/h3-14,20,29H,2,15-17H2,1H3. The number of para-hydroxylation sites is 1. The van der Waals surface area contributed by atoms with Crippen molar-refractivity contribution in [3.8, 4) is 11.4 Å². The van der Waals surface area contributed by atoms with Crippen LogP contribution in [0.2, 0.25) is 0 Å². The molecule has 34 heavy (non-hydrogen) atoms. The van der Waals surface area contributed by atoms with Crippen LogP contribution in [-0.4, -0.2) is 50.9 Å². The quantitative estimate of drug-likeness (QED) is 0.240. The van der Waals surface area contributed by atoms with Crippen molar-refractivity contribution in [3.63, 3.8) is 0 Å². The van der Waals surface area contributed by atoms with Crippen LogP contribution in [-0.2, 0) is 11.2 Å². The molecule has 0 aliphatic heterocycles. The summed E-state index contributed by atoms with van der Waals surface area (Å²) < 4.78 is 12.7. The molecule has 2 heterocycles. The zero-order chi connectivity index (χ0) is 23.8. The molecule has 0 bridgehead atoms. The van der Waals surface area contributed by atoms with Crippen LogP contribution < -0.4 is 4.74 Å². The van der Waals surface area contributed by atoms with E-state index < -0.39 is 6.10 Å². The molecule has 176 valence electrons. The first-order valence-electron chi connectivity index (χ1n) is 10.9. The minimum atomic E-state index is -0.712. The average Bonchev–Trinajstić information content (AvgIpc) is 3.52. The van der Waals surface area contributed by atoms with Crippen molar-refractivity contribution in [2.75, 3.05) is 19.0 Å². The molecule has 1 unspecified atom stereocenters. The summed E-state index contributed by atoms with van der Waals surface area (Å²) >= 11 is 3.12. The Morgan fingerprint density at radius 3 is 2.59 bits per heavy atom. The second-order valence-electron chi connectivity index (χ2n) is 7.35. The molecule has 0 saturated carbocycles. The lowest BCUT2D eigenvalue weighted by Crippen LogP contribution is -2.20. The van der Waals surface area contributed by atoms with Gasteiger partial charge in [0.2, 0.25) is 0 Å². The maximum atomic E-state index is 11.7. The van der Waals surface area contributed by atoms with Crippen molar-refractivity contribution in [2.24, 2.45) is 0 Å². The Hall–Kier alpha value is -3.14. The molecule has 1 N–H and O–H groups in total. The highest BCUT2D eigenvalue weighted by Crippen LogP contribution is 2.25. The van der Waals surface area contributed by atoms with Gasteiger partial charge in [0.15, 0.2) is 5.16 Å². The maximum absolute atomic E-state index is 11.7. The summed E-state index contributed by atoms with van der Waals surface area (Å²) in [7, 11) is 0. The lowest BCUT2D eigenvalue weighted by Gasteiger charge is -2.13. The highest BCUT2D eigenvalue weighted by molar-refractivity contribution is 7.99. The number of nitrogens with zero attached hydrogens (tertiary/aromatic N) is 3. The van der Waals surface area contributed by atoms with Gasteiger partial charge in [0.1, 0.15) is 18.2 Å². The van der Waals surface area contributed by atoms with Gasteiger partial charge in [-0.2, -0.15) is 0 Å². The Morgan fingerprint density at radius 1 is 1.09 bits per heavy atom. The molecular formula is C25H25N3O4S2. The molecule has 7 nitrogen and oxygen atoms in total. The predicted molar refractivity (Wildman–Crippen MR) is 133 cm³/mol. The first-order valence-corrected chi connectivity index (χ1v) is 12.7. The lowest BCUT2D eigenvalue weighted by molar-refractivity contribution is 0.0526. The van der Waals surface area contributed by atoms with E-state index in [1.54, 1.807) is 42.5 Å². The molecular weight excluding hydrogens is 470 g/mol. The Kier molecular flexibility index (Phi) is 8.35. The van der Waals surface area contributed by atoms with Crippen LogP contribution in [0.3, 0.4) is 0 Å². The van der Waals surface area contributed by atoms with Gasteiger partial charge in [-0.1, -0.05) is 36.0 Å². The summed E-state index contributed by atoms with van der Waals surface area (Å²) in [5.74, 6) is 1.45. The van der Waals surface area contributed by atoms with Gasteiger partial charge in [-0.05, 0) is 54.8 Å². The van der Waals surface area contributed by atoms with E-state index in [4.69, 9.17) is 9.47 Å². The molecule has 0 radical (unpaired) electrons. The van der Waals surface area contributed by atoms with E-state index in [0.717, 1.165) is 16.7 Å². The highest BCUT2D eigenvalue weighted by atomic mass is 32.2. The molecule has 0 aliphatic rings. The van der Waals surface area contributed by atoms with Crippen LogP contribution in [0.25, 0.3) is 5.69 Å². The van der Waals surface area contributed by atoms with E-state index >= 15 is 0 Å². The number of aliphatic hydroxyl groups is 1. The Balaban J connectivity index is 1.37. The fraction of sp³-hybridized carbons (Fsp3) is 0.240. The van der Waals surface area contributed by atoms with Crippen LogP contribution in [0.1, 0.15) is 28.0 Å². The van der Waals surface area contributed by atoms with Gasteiger partial charge in [-0.25, -0.2) is 4.79 Å². The third-order valence-electron chi connectivity index (χ3n) is 4.84. The number of hydrogen-bond donors (Lipinski definition) is 1. The van der Waals surface area contributed by atoms with Gasteiger partial charge in [-0.15, -0.1) is 21.5 Å². The smallest absolute Gasteiger partial charge is 0.338 e. The van der Waals surface area contributed by atoms with E-state index in [-0.39, 0.29) is 12.6 Å². The molecule has 0 saturated heterocycles. The second-order valence-corrected chi connectivity index (χ2v) is 9.37. The molecule has 4 rings (SSSR count). The average molecular weight is 496 g/mol. The molecule has 4 aromatic rings. The van der Waals surface area contributed by atoms with Crippen LogP contribution in [0.5, 0.6) is 5.75 Å². The summed E-state index contributed by atoms with van der Waals surface area (Å²) in [4.78, 5) is 13.0. The number of carbonyl (C=O) groups excluding carboxylic acids is 1. The number of aromatic nitrogens is 3. The van der Waals surface area contributed by atoms with Crippen LogP contribution in [0, 0.1) is 0 Å². The number of ether oxygens (including phenoxy) is 2. The molecule has 2 aromatic heterocycles. The normalized spacial score (nSPS) is 11.8. The summed E-state index contributed by atoms with van der Waals surface area (Å²) in [5, 5.41) is 22.1. The van der Waals surface area contributed by atoms with Gasteiger partial charge < -0.3 is 14.6 Å². The zero-order valence-electron chi connectivity index (χ0n) is 18.7. The summed E-state index contributed by atoms with van der Waals surface area (Å²) in [6, 6.07) is 20.8. The molecule has 0 spiro atoms. The Labute approximate surface area is 206 Å². The minimum absolute atomic E-state index is 0.118. The number of rotatable bonds is 11. The Bertz CT molecular complexity index is 1180. The van der Waals surface area contributed by atoms with E-state index in [1.807, 2.05) is 41.0 Å². The summed E-state index contributed by atoms with van der Waals surface area (Å²) in [6.45, 7) is 2.21. The van der Waals surface area contributed by atoms with Crippen LogP contribution in [0.15, 0.2) is 77.3 Å². The number of hydrogen-bond acceptors (Lipinski definition) is 8. The minimum Gasteiger partial charge on any atom is -0.491 e. The van der Waals surface area contributed by atoms with Crippen molar-refractivity contribution >= 4 is 29.1 Å². The van der Waals surface area contributed by atoms with Crippen molar-refractivity contribution in [2.45, 2.75) is 24.6 Å². The maximum Gasteiger partial charge on any atom is 0.338 e. The third-order valence-corrected chi connectivity index (χ3v) is 6.79. The van der Waals surface area contributed by atoms with Crippen molar-refractivity contribution < 1.29 is 19.4 Å². The fourth-order valence-corrected chi connectivity index (χ4v) is 4.80. The van der Waals surface area contributed by atoms with Crippen molar-refractivity contribution in [3.05, 3.63) is 88.4 Å². The number of aliphatic hydroxyl groups excluding tert-OH is 1. The predicted octanol–water partition coefficient (Wildman–Crippen LogP) is 4.63. The zero-order valence-corrected chi connectivity index (χ0v) is 20.3. The lowest BCUT2D eigenvalue weighted by atomic mass is 10.2. The number of carbonyl (C=O) groups is 1. The van der Waals surface area contributed by atoms with Gasteiger partial charge in [0, 0.05) is 22.7 Å². The molecule has 1 atom stereocenters. The highest BCUT2D eigenvalue weighted by Gasteiger charge is 2.17. The number of thiophene rings is 1. The van der Waals surface area contributed by atoms with Gasteiger partial charge in [-0.3, -0.25) is 4.57 Å². The van der Waals surface area contributed by atoms with E-state index in [9.17, 15) is 9.90 Å². The molecule has 0 fully saturated rings. The summed E-state index contributed by atoms with van der Waals surface area (Å²) in [5.41, 5.74) is 1.44. The van der Waals surface area contributed by atoms with Gasteiger partial charge in [0.05, 0.1) is 18.3 Å². The SMILES string of the molecule is CCOC(=O)c1ccc(OCC(O)CSc2nnc(Cc3cccs3)n2-c2ccccc2)cc1. The Morgan fingerprint density at radius 2 is 1.88 bits per heavy atom. The summed E-state index contributed by atoms with van der Waals surface area (Å²) in [6.07, 6.45) is -0.0236. The second kappa shape index (κ2) is 11.8. The molecule has 9 heteroatoms. The van der Waals surface area contributed by atoms with E-state index in [0.29, 0.717) is 30.1 Å². The number of benzene rings is 2. The van der Waals surface area contributed by atoms with E-state index in [2.05, 4.69) is 21.6 Å². The third kappa shape index (κ3) is 6.25. The van der Waals surface area contributed by atoms with E-state index in [1.165, 1.54) is 16.6 Å². The van der Waals surface area contributed by atoms with Gasteiger partial charge >= 0.3 is 5.97 Å². The monoisotopic (exact) mass is 495 g/mol. The largest absolute Gasteiger partial charge is 0.491 e. The topological polar surface area (TPSA) is 86.5 Å².